The minimum Gasteiger partial charge on any atom is -0.340 e. The summed E-state index contributed by atoms with van der Waals surface area (Å²) in [6, 6.07) is 11.0. The highest BCUT2D eigenvalue weighted by Gasteiger charge is 2.25. The van der Waals surface area contributed by atoms with Crippen LogP contribution >= 0.6 is 0 Å². The Hall–Kier alpha value is -1.39. The van der Waals surface area contributed by atoms with Crippen LogP contribution in [-0.2, 0) is 11.3 Å². The molecule has 116 valence electrons. The number of likely N-dealkylation sites (N-methyl/N-ethyl adjacent to an activating group) is 1. The lowest BCUT2D eigenvalue weighted by Gasteiger charge is -2.38. The van der Waals surface area contributed by atoms with E-state index in [0.717, 1.165) is 26.2 Å². The van der Waals surface area contributed by atoms with E-state index in [1.807, 2.05) is 11.8 Å². The summed E-state index contributed by atoms with van der Waals surface area (Å²) in [6.07, 6.45) is 3.67. The molecule has 0 unspecified atom stereocenters. The molecule has 1 fully saturated rings. The Morgan fingerprint density at radius 2 is 2.10 bits per heavy atom. The van der Waals surface area contributed by atoms with E-state index in [1.165, 1.54) is 24.8 Å². The Morgan fingerprint density at radius 3 is 2.76 bits per heavy atom. The lowest BCUT2D eigenvalue weighted by Crippen LogP contribution is -2.49. The third-order valence-electron chi connectivity index (χ3n) is 4.32. The molecule has 0 saturated carbocycles. The van der Waals surface area contributed by atoms with Crippen molar-refractivity contribution in [2.45, 2.75) is 38.8 Å². The molecule has 21 heavy (non-hydrogen) atoms. The van der Waals surface area contributed by atoms with Gasteiger partial charge in [-0.15, -0.1) is 0 Å². The van der Waals surface area contributed by atoms with Crippen molar-refractivity contribution in [1.82, 2.24) is 9.80 Å². The first kappa shape index (κ1) is 16.0. The summed E-state index contributed by atoms with van der Waals surface area (Å²) in [5.74, 6) is 0.0581. The molecule has 1 atom stereocenters. The van der Waals surface area contributed by atoms with Crippen molar-refractivity contribution >= 4 is 5.91 Å². The second-order valence-electron chi connectivity index (χ2n) is 5.74. The second-order valence-corrected chi connectivity index (χ2v) is 5.74. The van der Waals surface area contributed by atoms with Gasteiger partial charge < -0.3 is 10.6 Å². The van der Waals surface area contributed by atoms with Gasteiger partial charge in [-0.3, -0.25) is 9.69 Å². The van der Waals surface area contributed by atoms with Gasteiger partial charge in [0.25, 0.3) is 0 Å². The largest absolute Gasteiger partial charge is 0.340 e. The fraction of sp³-hybridized carbons (Fsp3) is 0.588. The van der Waals surface area contributed by atoms with Crippen LogP contribution in [0.3, 0.4) is 0 Å². The van der Waals surface area contributed by atoms with Crippen molar-refractivity contribution in [3.05, 3.63) is 35.9 Å². The monoisotopic (exact) mass is 289 g/mol. The maximum Gasteiger partial charge on any atom is 0.236 e. The highest BCUT2D eigenvalue weighted by molar-refractivity contribution is 5.78. The molecule has 1 aliphatic rings. The zero-order valence-electron chi connectivity index (χ0n) is 13.0. The first-order valence-electron chi connectivity index (χ1n) is 8.00. The van der Waals surface area contributed by atoms with Crippen LogP contribution < -0.4 is 5.73 Å². The predicted octanol–water partition coefficient (Wildman–Crippen LogP) is 1.85. The van der Waals surface area contributed by atoms with Gasteiger partial charge in [0.05, 0.1) is 6.54 Å². The number of amides is 1. The van der Waals surface area contributed by atoms with Gasteiger partial charge in [0.2, 0.25) is 5.91 Å². The summed E-state index contributed by atoms with van der Waals surface area (Å²) in [6.45, 7) is 5.77. The molecule has 0 radical (unpaired) electrons. The fourth-order valence-corrected chi connectivity index (χ4v) is 3.08. The van der Waals surface area contributed by atoms with Crippen molar-refractivity contribution in [3.63, 3.8) is 0 Å². The zero-order chi connectivity index (χ0) is 15.1. The van der Waals surface area contributed by atoms with Crippen LogP contribution in [0.2, 0.25) is 0 Å². The van der Waals surface area contributed by atoms with Crippen molar-refractivity contribution in [1.29, 1.82) is 0 Å². The normalized spacial score (nSPS) is 19.4. The lowest BCUT2D eigenvalue weighted by molar-refractivity contribution is -0.130. The van der Waals surface area contributed by atoms with Crippen LogP contribution in [0, 0.1) is 0 Å². The molecule has 4 nitrogen and oxygen atoms in total. The molecule has 0 aliphatic carbocycles. The molecule has 4 heteroatoms. The maximum absolute atomic E-state index is 11.9. The van der Waals surface area contributed by atoms with E-state index < -0.39 is 0 Å². The number of likely N-dealkylation sites (tertiary alicyclic amines) is 1. The van der Waals surface area contributed by atoms with Gasteiger partial charge in [0.15, 0.2) is 0 Å². The van der Waals surface area contributed by atoms with Crippen molar-refractivity contribution in [3.8, 4) is 0 Å². The van der Waals surface area contributed by atoms with Crippen LogP contribution in [-0.4, -0.2) is 47.9 Å². The number of rotatable bonds is 6. The predicted molar refractivity (Wildman–Crippen MR) is 85.8 cm³/mol. The number of nitrogens with two attached hydrogens (primary N) is 1. The van der Waals surface area contributed by atoms with Crippen LogP contribution in [0.4, 0.5) is 0 Å². The third-order valence-corrected chi connectivity index (χ3v) is 4.32. The molecule has 2 N–H and O–H groups in total. The molecule has 1 amide bonds. The molecule has 2 rings (SSSR count). The fourth-order valence-electron chi connectivity index (χ4n) is 3.08. The van der Waals surface area contributed by atoms with E-state index in [1.54, 1.807) is 0 Å². The van der Waals surface area contributed by atoms with E-state index in [4.69, 9.17) is 5.73 Å². The van der Waals surface area contributed by atoms with Gasteiger partial charge in [-0.05, 0) is 31.9 Å². The third kappa shape index (κ3) is 4.55. The van der Waals surface area contributed by atoms with Crippen LogP contribution in [0.25, 0.3) is 0 Å². The number of carbonyl (C=O) groups is 1. The molecule has 1 saturated heterocycles. The van der Waals surface area contributed by atoms with Gasteiger partial charge >= 0.3 is 0 Å². The molecule has 0 bridgehead atoms. The number of benzene rings is 1. The molecular weight excluding hydrogens is 262 g/mol. The Morgan fingerprint density at radius 1 is 1.33 bits per heavy atom. The zero-order valence-corrected chi connectivity index (χ0v) is 13.0. The van der Waals surface area contributed by atoms with Gasteiger partial charge in [0.1, 0.15) is 0 Å². The van der Waals surface area contributed by atoms with Gasteiger partial charge in [-0.25, -0.2) is 0 Å². The Kier molecular flexibility index (Phi) is 6.21. The number of carbonyl (C=O) groups excluding carboxylic acids is 1. The minimum absolute atomic E-state index is 0.0581. The van der Waals surface area contributed by atoms with E-state index in [2.05, 4.69) is 35.2 Å². The average molecular weight is 289 g/mol. The van der Waals surface area contributed by atoms with Gasteiger partial charge in [-0.1, -0.05) is 36.8 Å². The highest BCUT2D eigenvalue weighted by Crippen LogP contribution is 2.20. The van der Waals surface area contributed by atoms with Crippen LogP contribution in [0.5, 0.6) is 0 Å². The topological polar surface area (TPSA) is 49.6 Å². The second kappa shape index (κ2) is 8.15. The summed E-state index contributed by atoms with van der Waals surface area (Å²) in [4.78, 5) is 16.3. The van der Waals surface area contributed by atoms with E-state index in [0.29, 0.717) is 6.04 Å². The lowest BCUT2D eigenvalue weighted by atomic mass is 10.0. The molecule has 1 aromatic rings. The Balaban J connectivity index is 1.99. The van der Waals surface area contributed by atoms with Crippen LogP contribution in [0.1, 0.15) is 31.7 Å². The number of hydrogen-bond donors (Lipinski definition) is 1. The molecule has 0 spiro atoms. The van der Waals surface area contributed by atoms with E-state index >= 15 is 0 Å². The highest BCUT2D eigenvalue weighted by atomic mass is 16.2. The minimum atomic E-state index is 0.0581. The Labute approximate surface area is 127 Å². The maximum atomic E-state index is 11.9. The van der Waals surface area contributed by atoms with Crippen LogP contribution in [0.15, 0.2) is 30.3 Å². The smallest absolute Gasteiger partial charge is 0.236 e. The summed E-state index contributed by atoms with van der Waals surface area (Å²) in [7, 11) is 0. The van der Waals surface area contributed by atoms with Gasteiger partial charge in [0, 0.05) is 25.7 Å². The Bertz CT molecular complexity index is 435. The standard InChI is InChI=1S/C17H27N3O/c1-2-19(17(21)12-18)14-16-10-6-7-11-20(16)13-15-8-4-3-5-9-15/h3-5,8-9,16H,2,6-7,10-14,18H2,1H3/t16-/m0/s1. The molecule has 1 aliphatic heterocycles. The number of hydrogen-bond acceptors (Lipinski definition) is 3. The summed E-state index contributed by atoms with van der Waals surface area (Å²) in [5.41, 5.74) is 6.85. The van der Waals surface area contributed by atoms with E-state index in [-0.39, 0.29) is 12.5 Å². The number of piperidine rings is 1. The van der Waals surface area contributed by atoms with Gasteiger partial charge in [-0.2, -0.15) is 0 Å². The first-order valence-corrected chi connectivity index (χ1v) is 8.00. The molecular formula is C17H27N3O. The van der Waals surface area contributed by atoms with Crippen molar-refractivity contribution in [2.75, 3.05) is 26.2 Å². The SMILES string of the molecule is CCN(C[C@@H]1CCCCN1Cc1ccccc1)C(=O)CN. The quantitative estimate of drug-likeness (QED) is 0.869. The molecule has 1 heterocycles. The van der Waals surface area contributed by atoms with E-state index in [9.17, 15) is 4.79 Å². The molecule has 1 aromatic carbocycles. The molecule has 0 aromatic heterocycles. The average Bonchev–Trinajstić information content (AvgIpc) is 2.54. The number of nitrogens with zero attached hydrogens (tertiary/aromatic N) is 2. The summed E-state index contributed by atoms with van der Waals surface area (Å²) >= 11 is 0. The summed E-state index contributed by atoms with van der Waals surface area (Å²) in [5, 5.41) is 0. The van der Waals surface area contributed by atoms with Crippen molar-refractivity contribution in [2.24, 2.45) is 5.73 Å². The first-order chi connectivity index (χ1) is 10.2. The summed E-state index contributed by atoms with van der Waals surface area (Å²) < 4.78 is 0. The van der Waals surface area contributed by atoms with Crippen molar-refractivity contribution < 1.29 is 4.79 Å².